The van der Waals surface area contributed by atoms with Gasteiger partial charge in [-0.1, -0.05) is 0 Å². The van der Waals surface area contributed by atoms with Crippen LogP contribution in [-0.2, 0) is 19.3 Å². The van der Waals surface area contributed by atoms with E-state index in [-0.39, 0.29) is 35.7 Å². The average Bonchev–Trinajstić information content (AvgIpc) is 2.58. The van der Waals surface area contributed by atoms with Crippen molar-refractivity contribution < 1.29 is 23.0 Å². The minimum absolute atomic E-state index is 0.0328. The Morgan fingerprint density at radius 1 is 1.27 bits per heavy atom. The molecule has 0 saturated carbocycles. The summed E-state index contributed by atoms with van der Waals surface area (Å²) >= 11 is 0. The van der Waals surface area contributed by atoms with E-state index in [1.807, 2.05) is 0 Å². The van der Waals surface area contributed by atoms with Crippen LogP contribution < -0.4 is 0 Å². The van der Waals surface area contributed by atoms with E-state index in [1.165, 1.54) is 0 Å². The predicted octanol–water partition coefficient (Wildman–Crippen LogP) is -0.847. The van der Waals surface area contributed by atoms with Crippen LogP contribution in [0.1, 0.15) is 6.42 Å². The van der Waals surface area contributed by atoms with Crippen molar-refractivity contribution in [2.45, 2.75) is 24.9 Å². The lowest BCUT2D eigenvalue weighted by atomic mass is 9.85. The topological polar surface area (TPSA) is 72.8 Å². The Labute approximate surface area is 88.3 Å². The lowest BCUT2D eigenvalue weighted by molar-refractivity contribution is -0.114. The molecule has 3 rings (SSSR count). The quantitative estimate of drug-likeness (QED) is 0.591. The van der Waals surface area contributed by atoms with Gasteiger partial charge in [-0.3, -0.25) is 0 Å². The van der Waals surface area contributed by atoms with E-state index in [2.05, 4.69) is 0 Å². The summed E-state index contributed by atoms with van der Waals surface area (Å²) in [5, 5.41) is 9.85. The molecule has 5 atom stereocenters. The Hall–Kier alpha value is -0.170. The van der Waals surface area contributed by atoms with Crippen LogP contribution >= 0.6 is 0 Å². The minimum Gasteiger partial charge on any atom is -0.392 e. The number of aliphatic hydroxyl groups is 1. The van der Waals surface area contributed by atoms with Gasteiger partial charge < -0.3 is 14.6 Å². The molecule has 0 aliphatic carbocycles. The molecule has 3 heterocycles. The zero-order valence-corrected chi connectivity index (χ0v) is 9.02. The first-order valence-corrected chi connectivity index (χ1v) is 7.04. The Balaban J connectivity index is 1.89. The number of ether oxygens (including phenoxy) is 2. The van der Waals surface area contributed by atoms with Gasteiger partial charge in [-0.05, 0) is 6.42 Å². The Bertz CT molecular complexity index is 365. The third kappa shape index (κ3) is 1.51. The van der Waals surface area contributed by atoms with Gasteiger partial charge in [0, 0.05) is 11.8 Å². The van der Waals surface area contributed by atoms with Crippen LogP contribution in [0, 0.1) is 11.8 Å². The van der Waals surface area contributed by atoms with Gasteiger partial charge in [-0.25, -0.2) is 8.42 Å². The third-order valence-corrected chi connectivity index (χ3v) is 5.29. The third-order valence-electron chi connectivity index (χ3n) is 3.60. The zero-order valence-electron chi connectivity index (χ0n) is 8.20. The standard InChI is InChI=1S/C9H14O5S/c10-6-3-15(11,12)4-7-8(6)5-1-2-13-9(5)14-7/h5-10H,1-4H2/t5-,6+,7-,8+,9+/m1/s1. The summed E-state index contributed by atoms with van der Waals surface area (Å²) in [6, 6.07) is 0. The van der Waals surface area contributed by atoms with Gasteiger partial charge in [-0.15, -0.1) is 0 Å². The van der Waals surface area contributed by atoms with E-state index in [1.54, 1.807) is 0 Å². The number of hydrogen-bond donors (Lipinski definition) is 1. The van der Waals surface area contributed by atoms with E-state index in [0.717, 1.165) is 6.42 Å². The second-order valence-corrected chi connectivity index (χ2v) is 6.74. The average molecular weight is 234 g/mol. The van der Waals surface area contributed by atoms with E-state index in [9.17, 15) is 13.5 Å². The van der Waals surface area contributed by atoms with Gasteiger partial charge in [0.1, 0.15) is 0 Å². The predicted molar refractivity (Wildman–Crippen MR) is 50.9 cm³/mol. The second kappa shape index (κ2) is 3.16. The van der Waals surface area contributed by atoms with Crippen molar-refractivity contribution in [2.75, 3.05) is 18.1 Å². The second-order valence-electron chi connectivity index (χ2n) is 4.59. The van der Waals surface area contributed by atoms with Crippen molar-refractivity contribution in [2.24, 2.45) is 11.8 Å². The van der Waals surface area contributed by atoms with Gasteiger partial charge >= 0.3 is 0 Å². The lowest BCUT2D eigenvalue weighted by Gasteiger charge is -2.31. The van der Waals surface area contributed by atoms with Crippen LogP contribution in [0.25, 0.3) is 0 Å². The van der Waals surface area contributed by atoms with Crippen LogP contribution in [-0.4, -0.2) is 50.1 Å². The van der Waals surface area contributed by atoms with Crippen molar-refractivity contribution in [3.8, 4) is 0 Å². The fourth-order valence-corrected chi connectivity index (χ4v) is 4.69. The number of rotatable bonds is 0. The highest BCUT2D eigenvalue weighted by molar-refractivity contribution is 7.91. The highest BCUT2D eigenvalue weighted by Crippen LogP contribution is 2.44. The molecule has 3 aliphatic rings. The maximum Gasteiger partial charge on any atom is 0.161 e. The molecule has 5 nitrogen and oxygen atoms in total. The smallest absolute Gasteiger partial charge is 0.161 e. The largest absolute Gasteiger partial charge is 0.392 e. The Morgan fingerprint density at radius 2 is 2.07 bits per heavy atom. The van der Waals surface area contributed by atoms with Crippen molar-refractivity contribution in [1.29, 1.82) is 0 Å². The van der Waals surface area contributed by atoms with Crippen molar-refractivity contribution in [3.63, 3.8) is 0 Å². The van der Waals surface area contributed by atoms with Crippen molar-refractivity contribution in [3.05, 3.63) is 0 Å². The van der Waals surface area contributed by atoms with Crippen LogP contribution in [0.2, 0.25) is 0 Å². The highest BCUT2D eigenvalue weighted by atomic mass is 32.2. The summed E-state index contributed by atoms with van der Waals surface area (Å²) in [4.78, 5) is 0. The molecule has 3 aliphatic heterocycles. The van der Waals surface area contributed by atoms with Crippen LogP contribution in [0.4, 0.5) is 0 Å². The molecule has 0 unspecified atom stereocenters. The zero-order chi connectivity index (χ0) is 10.6. The van der Waals surface area contributed by atoms with Crippen LogP contribution in [0.15, 0.2) is 0 Å². The van der Waals surface area contributed by atoms with E-state index in [4.69, 9.17) is 9.47 Å². The lowest BCUT2D eigenvalue weighted by Crippen LogP contribution is -2.46. The Kier molecular flexibility index (Phi) is 2.11. The molecule has 0 spiro atoms. The molecule has 3 fully saturated rings. The van der Waals surface area contributed by atoms with Gasteiger partial charge in [0.2, 0.25) is 0 Å². The molecule has 0 radical (unpaired) electrons. The fraction of sp³-hybridized carbons (Fsp3) is 1.00. The van der Waals surface area contributed by atoms with Crippen LogP contribution in [0.5, 0.6) is 0 Å². The number of hydrogen-bond acceptors (Lipinski definition) is 5. The molecular weight excluding hydrogens is 220 g/mol. The van der Waals surface area contributed by atoms with E-state index < -0.39 is 15.9 Å². The van der Waals surface area contributed by atoms with Gasteiger partial charge in [0.25, 0.3) is 0 Å². The summed E-state index contributed by atoms with van der Waals surface area (Å²) in [6.45, 7) is 0.651. The fourth-order valence-electron chi connectivity index (χ4n) is 3.01. The summed E-state index contributed by atoms with van der Waals surface area (Å²) < 4.78 is 33.8. The molecule has 0 aromatic carbocycles. The summed E-state index contributed by atoms with van der Waals surface area (Å²) in [6.07, 6.45) is -0.578. The summed E-state index contributed by atoms with van der Waals surface area (Å²) in [5.74, 6) is 0.0350. The summed E-state index contributed by atoms with van der Waals surface area (Å²) in [5.41, 5.74) is 0. The van der Waals surface area contributed by atoms with Gasteiger partial charge in [0.05, 0.1) is 30.3 Å². The minimum atomic E-state index is -3.15. The van der Waals surface area contributed by atoms with E-state index >= 15 is 0 Å². The molecule has 1 N–H and O–H groups in total. The monoisotopic (exact) mass is 234 g/mol. The number of aliphatic hydroxyl groups excluding tert-OH is 1. The molecule has 86 valence electrons. The molecule has 15 heavy (non-hydrogen) atoms. The molecule has 0 amide bonds. The molecule has 0 bridgehead atoms. The maximum atomic E-state index is 11.4. The van der Waals surface area contributed by atoms with Crippen molar-refractivity contribution in [1.82, 2.24) is 0 Å². The molecule has 3 saturated heterocycles. The van der Waals surface area contributed by atoms with E-state index in [0.29, 0.717) is 6.61 Å². The van der Waals surface area contributed by atoms with Gasteiger partial charge in [0.15, 0.2) is 16.1 Å². The van der Waals surface area contributed by atoms with Crippen LogP contribution in [0.3, 0.4) is 0 Å². The first-order chi connectivity index (χ1) is 7.07. The SMILES string of the molecule is O=S1(=O)C[C@H](O)[C@@H]2[C@H]3CCO[C@H]3O[C@@H]2C1. The first kappa shape index (κ1) is 10.0. The molecular formula is C9H14O5S. The Morgan fingerprint density at radius 3 is 2.87 bits per heavy atom. The van der Waals surface area contributed by atoms with Gasteiger partial charge in [-0.2, -0.15) is 0 Å². The summed E-state index contributed by atoms with van der Waals surface area (Å²) in [7, 11) is -3.15. The molecule has 6 heteroatoms. The number of sulfone groups is 1. The highest BCUT2D eigenvalue weighted by Gasteiger charge is 2.54. The molecule has 0 aromatic rings. The molecule has 0 aromatic heterocycles. The van der Waals surface area contributed by atoms with Crippen molar-refractivity contribution >= 4 is 9.84 Å². The maximum absolute atomic E-state index is 11.4. The first-order valence-electron chi connectivity index (χ1n) is 5.22. The number of fused-ring (bicyclic) bond motifs is 3. The normalized spacial score (nSPS) is 52.5.